The summed E-state index contributed by atoms with van der Waals surface area (Å²) in [5, 5.41) is 2.77. The Morgan fingerprint density at radius 1 is 1.11 bits per heavy atom. The number of amides is 1. The third kappa shape index (κ3) is 5.80. The summed E-state index contributed by atoms with van der Waals surface area (Å²) < 4.78 is 31.5. The van der Waals surface area contributed by atoms with Crippen LogP contribution in [0.15, 0.2) is 53.4 Å². The molecule has 1 N–H and O–H groups in total. The van der Waals surface area contributed by atoms with Gasteiger partial charge >= 0.3 is 0 Å². The molecule has 0 bridgehead atoms. The van der Waals surface area contributed by atoms with Gasteiger partial charge in [-0.25, -0.2) is 8.42 Å². The van der Waals surface area contributed by atoms with Crippen LogP contribution >= 0.6 is 0 Å². The fourth-order valence-corrected chi connectivity index (χ4v) is 3.78. The van der Waals surface area contributed by atoms with E-state index < -0.39 is 10.0 Å². The number of hydrogen-bond donors (Lipinski definition) is 1. The number of sulfonamides is 1. The van der Waals surface area contributed by atoms with Crippen molar-refractivity contribution >= 4 is 15.9 Å². The Morgan fingerprint density at radius 2 is 1.78 bits per heavy atom. The number of rotatable bonds is 9. The van der Waals surface area contributed by atoms with Crippen LogP contribution in [-0.4, -0.2) is 45.9 Å². The van der Waals surface area contributed by atoms with E-state index in [0.717, 1.165) is 16.9 Å². The molecule has 0 spiro atoms. The van der Waals surface area contributed by atoms with Gasteiger partial charge in [0, 0.05) is 26.6 Å². The van der Waals surface area contributed by atoms with Gasteiger partial charge in [0.25, 0.3) is 0 Å². The molecular formula is C20H26N2O4S. The maximum Gasteiger partial charge on any atom is 0.242 e. The van der Waals surface area contributed by atoms with Gasteiger partial charge in [-0.05, 0) is 37.1 Å². The largest absolute Gasteiger partial charge is 0.496 e. The second kappa shape index (κ2) is 9.53. The normalized spacial score (nSPS) is 11.4. The first-order chi connectivity index (χ1) is 12.8. The molecule has 0 aliphatic carbocycles. The predicted molar refractivity (Wildman–Crippen MR) is 105 cm³/mol. The molecule has 27 heavy (non-hydrogen) atoms. The molecule has 2 rings (SSSR count). The lowest BCUT2D eigenvalue weighted by Gasteiger charge is -2.17. The number of nitrogens with zero attached hydrogens (tertiary/aromatic N) is 1. The van der Waals surface area contributed by atoms with E-state index in [1.165, 1.54) is 11.4 Å². The average molecular weight is 391 g/mol. The van der Waals surface area contributed by atoms with Crippen molar-refractivity contribution in [1.29, 1.82) is 0 Å². The van der Waals surface area contributed by atoms with Crippen LogP contribution in [0.25, 0.3) is 0 Å². The van der Waals surface area contributed by atoms with E-state index >= 15 is 0 Å². The smallest absolute Gasteiger partial charge is 0.242 e. The van der Waals surface area contributed by atoms with Gasteiger partial charge in [0.2, 0.25) is 15.9 Å². The summed E-state index contributed by atoms with van der Waals surface area (Å²) in [6, 6.07) is 14.3. The third-order valence-corrected chi connectivity index (χ3v) is 6.16. The molecule has 0 saturated carbocycles. The van der Waals surface area contributed by atoms with Crippen molar-refractivity contribution in [1.82, 2.24) is 9.62 Å². The van der Waals surface area contributed by atoms with E-state index in [2.05, 4.69) is 5.32 Å². The summed E-state index contributed by atoms with van der Waals surface area (Å²) in [5.41, 5.74) is 1.97. The highest BCUT2D eigenvalue weighted by atomic mass is 32.2. The lowest BCUT2D eigenvalue weighted by atomic mass is 10.1. The van der Waals surface area contributed by atoms with Crippen LogP contribution in [0.2, 0.25) is 0 Å². The van der Waals surface area contributed by atoms with Crippen LogP contribution in [0.1, 0.15) is 17.5 Å². The topological polar surface area (TPSA) is 75.7 Å². The molecule has 0 aromatic heterocycles. The zero-order valence-electron chi connectivity index (χ0n) is 15.9. The second-order valence-corrected chi connectivity index (χ2v) is 8.35. The van der Waals surface area contributed by atoms with Crippen LogP contribution < -0.4 is 10.1 Å². The lowest BCUT2D eigenvalue weighted by molar-refractivity contribution is -0.121. The Bertz CT molecular complexity index is 864. The van der Waals surface area contributed by atoms with E-state index in [1.807, 2.05) is 31.2 Å². The molecule has 0 heterocycles. The molecule has 2 aromatic carbocycles. The van der Waals surface area contributed by atoms with Gasteiger partial charge in [0.15, 0.2) is 0 Å². The molecule has 0 atom stereocenters. The Balaban J connectivity index is 1.81. The quantitative estimate of drug-likeness (QED) is 0.713. The number of para-hydroxylation sites is 1. The number of hydrogen-bond acceptors (Lipinski definition) is 4. The molecule has 0 fully saturated rings. The third-order valence-electron chi connectivity index (χ3n) is 4.29. The molecule has 0 radical (unpaired) electrons. The van der Waals surface area contributed by atoms with Gasteiger partial charge in [-0.3, -0.25) is 4.79 Å². The fraction of sp³-hybridized carbons (Fsp3) is 0.350. The Morgan fingerprint density at radius 3 is 2.44 bits per heavy atom. The molecule has 0 unspecified atom stereocenters. The molecule has 2 aromatic rings. The highest BCUT2D eigenvalue weighted by Gasteiger charge is 2.20. The van der Waals surface area contributed by atoms with Crippen molar-refractivity contribution in [3.8, 4) is 5.75 Å². The van der Waals surface area contributed by atoms with Crippen LogP contribution in [-0.2, 0) is 21.2 Å². The van der Waals surface area contributed by atoms with Gasteiger partial charge in [-0.2, -0.15) is 4.31 Å². The lowest BCUT2D eigenvalue weighted by Crippen LogP contribution is -2.36. The van der Waals surface area contributed by atoms with Crippen molar-refractivity contribution in [2.75, 3.05) is 27.2 Å². The molecule has 1 amide bonds. The number of likely N-dealkylation sites (N-methyl/N-ethyl adjacent to an activating group) is 1. The molecule has 0 saturated heterocycles. The van der Waals surface area contributed by atoms with Crippen LogP contribution in [0.3, 0.4) is 0 Å². The van der Waals surface area contributed by atoms with E-state index in [1.54, 1.807) is 31.4 Å². The summed E-state index contributed by atoms with van der Waals surface area (Å²) in [6.45, 7) is 2.36. The van der Waals surface area contributed by atoms with Crippen molar-refractivity contribution in [2.24, 2.45) is 0 Å². The molecule has 6 nitrogen and oxygen atoms in total. The van der Waals surface area contributed by atoms with Gasteiger partial charge in [-0.1, -0.05) is 35.9 Å². The molecule has 7 heteroatoms. The molecule has 146 valence electrons. The molecular weight excluding hydrogens is 364 g/mol. The second-order valence-electron chi connectivity index (χ2n) is 6.30. The molecule has 0 aliphatic heterocycles. The zero-order chi connectivity index (χ0) is 19.9. The van der Waals surface area contributed by atoms with Crippen LogP contribution in [0, 0.1) is 6.92 Å². The maximum atomic E-state index is 12.5. The summed E-state index contributed by atoms with van der Waals surface area (Å²) in [7, 11) is -0.442. The SMILES string of the molecule is COc1ccccc1CCC(=O)NCCN(C)S(=O)(=O)c1ccc(C)cc1. The molecule has 0 aliphatic rings. The highest BCUT2D eigenvalue weighted by Crippen LogP contribution is 2.18. The summed E-state index contributed by atoms with van der Waals surface area (Å²) in [5.74, 6) is 0.635. The van der Waals surface area contributed by atoms with Gasteiger partial charge < -0.3 is 10.1 Å². The minimum Gasteiger partial charge on any atom is -0.496 e. The number of carbonyl (C=O) groups excluding carboxylic acids is 1. The van der Waals surface area contributed by atoms with E-state index in [9.17, 15) is 13.2 Å². The van der Waals surface area contributed by atoms with Crippen molar-refractivity contribution < 1.29 is 17.9 Å². The monoisotopic (exact) mass is 390 g/mol. The fourth-order valence-electron chi connectivity index (χ4n) is 2.61. The number of ether oxygens (including phenoxy) is 1. The van der Waals surface area contributed by atoms with Crippen LogP contribution in [0.4, 0.5) is 0 Å². The van der Waals surface area contributed by atoms with E-state index in [-0.39, 0.29) is 23.9 Å². The summed E-state index contributed by atoms with van der Waals surface area (Å²) >= 11 is 0. The standard InChI is InChI=1S/C20H26N2O4S/c1-16-8-11-18(12-9-16)27(24,25)22(2)15-14-21-20(23)13-10-17-6-4-5-7-19(17)26-3/h4-9,11-12H,10,13-15H2,1-3H3,(H,21,23). The van der Waals surface area contributed by atoms with Crippen molar-refractivity contribution in [2.45, 2.75) is 24.7 Å². The van der Waals surface area contributed by atoms with E-state index in [4.69, 9.17) is 4.74 Å². The van der Waals surface area contributed by atoms with Crippen molar-refractivity contribution in [3.63, 3.8) is 0 Å². The van der Waals surface area contributed by atoms with Gasteiger partial charge in [0.05, 0.1) is 12.0 Å². The number of aryl methyl sites for hydroxylation is 2. The number of nitrogens with one attached hydrogen (secondary N) is 1. The minimum absolute atomic E-state index is 0.123. The number of carbonyl (C=O) groups is 1. The Labute approximate surface area is 161 Å². The van der Waals surface area contributed by atoms with Gasteiger partial charge in [-0.15, -0.1) is 0 Å². The first-order valence-corrected chi connectivity index (χ1v) is 10.2. The zero-order valence-corrected chi connectivity index (χ0v) is 16.8. The summed E-state index contributed by atoms with van der Waals surface area (Å²) in [4.78, 5) is 12.3. The number of methoxy groups -OCH3 is 1. The minimum atomic E-state index is -3.55. The first-order valence-electron chi connectivity index (χ1n) is 8.76. The number of benzene rings is 2. The first kappa shape index (κ1) is 20.9. The Kier molecular flexibility index (Phi) is 7.38. The summed E-state index contributed by atoms with van der Waals surface area (Å²) in [6.07, 6.45) is 0.877. The van der Waals surface area contributed by atoms with Crippen molar-refractivity contribution in [3.05, 3.63) is 59.7 Å². The van der Waals surface area contributed by atoms with E-state index in [0.29, 0.717) is 12.8 Å². The van der Waals surface area contributed by atoms with Gasteiger partial charge in [0.1, 0.15) is 5.75 Å². The van der Waals surface area contributed by atoms with Crippen LogP contribution in [0.5, 0.6) is 5.75 Å². The maximum absolute atomic E-state index is 12.5. The highest BCUT2D eigenvalue weighted by molar-refractivity contribution is 7.89. The average Bonchev–Trinajstić information content (AvgIpc) is 2.66. The predicted octanol–water partition coefficient (Wildman–Crippen LogP) is 2.37. The Hall–Kier alpha value is -2.38.